The molecule has 0 radical (unpaired) electrons. The summed E-state index contributed by atoms with van der Waals surface area (Å²) in [6.45, 7) is 0. The molecule has 20 heavy (non-hydrogen) atoms. The minimum absolute atomic E-state index is 0.277. The normalized spacial score (nSPS) is 16.4. The van der Waals surface area contributed by atoms with Gasteiger partial charge < -0.3 is 5.11 Å². The molecule has 2 heterocycles. The fourth-order valence-electron chi connectivity index (χ4n) is 2.31. The van der Waals surface area contributed by atoms with Crippen LogP contribution < -0.4 is 0 Å². The molecule has 1 saturated carbocycles. The van der Waals surface area contributed by atoms with E-state index in [4.69, 9.17) is 5.11 Å². The Bertz CT molecular complexity index is 689. The van der Waals surface area contributed by atoms with Gasteiger partial charge in [0.15, 0.2) is 11.3 Å². The van der Waals surface area contributed by atoms with Gasteiger partial charge in [-0.1, -0.05) is 6.42 Å². The highest BCUT2D eigenvalue weighted by molar-refractivity contribution is 5.89. The Labute approximate surface area is 111 Å². The van der Waals surface area contributed by atoms with Crippen molar-refractivity contribution in [2.75, 3.05) is 0 Å². The number of alkyl halides is 3. The molecular formula is C12H10F3N3O2. The predicted molar refractivity (Wildman–Crippen MR) is 61.5 cm³/mol. The van der Waals surface area contributed by atoms with E-state index in [-0.39, 0.29) is 5.92 Å². The van der Waals surface area contributed by atoms with Crippen LogP contribution in [0.5, 0.6) is 0 Å². The van der Waals surface area contributed by atoms with Crippen LogP contribution >= 0.6 is 0 Å². The number of rotatable bonds is 2. The molecule has 1 fully saturated rings. The van der Waals surface area contributed by atoms with Gasteiger partial charge in [-0.25, -0.2) is 14.3 Å². The van der Waals surface area contributed by atoms with Crippen LogP contribution in [0.4, 0.5) is 13.2 Å². The Balaban J connectivity index is 2.20. The lowest BCUT2D eigenvalue weighted by Crippen LogP contribution is -2.12. The van der Waals surface area contributed by atoms with Crippen LogP contribution in [-0.4, -0.2) is 25.7 Å². The van der Waals surface area contributed by atoms with Gasteiger partial charge in [0.25, 0.3) is 0 Å². The van der Waals surface area contributed by atoms with Crippen molar-refractivity contribution in [3.8, 4) is 0 Å². The molecule has 3 rings (SSSR count). The monoisotopic (exact) mass is 285 g/mol. The highest BCUT2D eigenvalue weighted by Gasteiger charge is 2.41. The Kier molecular flexibility index (Phi) is 2.70. The molecule has 0 amide bonds. The first-order valence-electron chi connectivity index (χ1n) is 6.06. The van der Waals surface area contributed by atoms with Gasteiger partial charge in [-0.2, -0.15) is 18.3 Å². The van der Waals surface area contributed by atoms with Gasteiger partial charge in [-0.15, -0.1) is 0 Å². The largest absolute Gasteiger partial charge is 0.476 e. The zero-order valence-electron chi connectivity index (χ0n) is 10.2. The first-order valence-corrected chi connectivity index (χ1v) is 6.06. The third-order valence-electron chi connectivity index (χ3n) is 3.56. The first-order chi connectivity index (χ1) is 9.38. The number of carboxylic acids is 1. The molecule has 1 N–H and O–H groups in total. The van der Waals surface area contributed by atoms with Gasteiger partial charge in [-0.3, -0.25) is 0 Å². The summed E-state index contributed by atoms with van der Waals surface area (Å²) >= 11 is 0. The van der Waals surface area contributed by atoms with E-state index in [1.165, 1.54) is 12.4 Å². The summed E-state index contributed by atoms with van der Waals surface area (Å²) in [6, 6.07) is 0. The lowest BCUT2D eigenvalue weighted by Gasteiger charge is -2.25. The Morgan fingerprint density at radius 3 is 2.60 bits per heavy atom. The third kappa shape index (κ3) is 1.91. The quantitative estimate of drug-likeness (QED) is 0.921. The van der Waals surface area contributed by atoms with Crippen LogP contribution in [0.2, 0.25) is 0 Å². The SMILES string of the molecule is O=C(O)c1nn2cc(C3CCC3)cnc2c1C(F)(F)F. The molecule has 0 atom stereocenters. The summed E-state index contributed by atoms with van der Waals surface area (Å²) in [5, 5.41) is 12.4. The third-order valence-corrected chi connectivity index (χ3v) is 3.56. The number of carboxylic acid groups (broad SMARTS) is 1. The summed E-state index contributed by atoms with van der Waals surface area (Å²) < 4.78 is 39.8. The van der Waals surface area contributed by atoms with Gasteiger partial charge in [0.05, 0.1) is 0 Å². The maximum Gasteiger partial charge on any atom is 0.422 e. The molecule has 0 bridgehead atoms. The second-order valence-corrected chi connectivity index (χ2v) is 4.81. The highest BCUT2D eigenvalue weighted by Crippen LogP contribution is 2.38. The molecule has 2 aromatic heterocycles. The number of hydrogen-bond donors (Lipinski definition) is 1. The molecule has 1 aliphatic rings. The van der Waals surface area contributed by atoms with E-state index in [2.05, 4.69) is 10.1 Å². The number of carbonyl (C=O) groups is 1. The lowest BCUT2D eigenvalue weighted by atomic mass is 9.81. The molecule has 2 aromatic rings. The van der Waals surface area contributed by atoms with Crippen molar-refractivity contribution >= 4 is 11.6 Å². The topological polar surface area (TPSA) is 67.5 Å². The van der Waals surface area contributed by atoms with Gasteiger partial charge in [-0.05, 0) is 24.3 Å². The average molecular weight is 285 g/mol. The van der Waals surface area contributed by atoms with Crippen LogP contribution in [0, 0.1) is 0 Å². The molecule has 0 saturated heterocycles. The van der Waals surface area contributed by atoms with E-state index in [0.29, 0.717) is 0 Å². The molecule has 106 valence electrons. The van der Waals surface area contributed by atoms with Crippen molar-refractivity contribution < 1.29 is 23.1 Å². The summed E-state index contributed by atoms with van der Waals surface area (Å²) in [5.41, 5.74) is -2.00. The average Bonchev–Trinajstić information content (AvgIpc) is 2.64. The maximum absolute atomic E-state index is 13.0. The van der Waals surface area contributed by atoms with E-state index >= 15 is 0 Å². The number of aromatic carboxylic acids is 1. The zero-order chi connectivity index (χ0) is 14.5. The summed E-state index contributed by atoms with van der Waals surface area (Å²) in [5.74, 6) is -1.44. The van der Waals surface area contributed by atoms with E-state index in [1.54, 1.807) is 0 Å². The Morgan fingerprint density at radius 1 is 1.40 bits per heavy atom. The maximum atomic E-state index is 13.0. The van der Waals surface area contributed by atoms with Gasteiger partial charge in [0.2, 0.25) is 0 Å². The first kappa shape index (κ1) is 12.9. The van der Waals surface area contributed by atoms with Crippen molar-refractivity contribution in [1.29, 1.82) is 0 Å². The summed E-state index contributed by atoms with van der Waals surface area (Å²) in [7, 11) is 0. The van der Waals surface area contributed by atoms with Crippen molar-refractivity contribution in [2.24, 2.45) is 0 Å². The summed E-state index contributed by atoms with van der Waals surface area (Å²) in [6.07, 6.45) is 1.02. The van der Waals surface area contributed by atoms with Gasteiger partial charge in [0, 0.05) is 12.4 Å². The van der Waals surface area contributed by atoms with Crippen LogP contribution in [0.1, 0.15) is 46.8 Å². The van der Waals surface area contributed by atoms with E-state index in [1.807, 2.05) is 0 Å². The predicted octanol–water partition coefficient (Wildman–Crippen LogP) is 2.71. The standard InChI is InChI=1S/C12H10F3N3O2/c13-12(14,15)8-9(11(19)20)17-18-5-7(4-16-10(8)18)6-2-1-3-6/h4-6H,1-3H2,(H,19,20). The van der Waals surface area contributed by atoms with Gasteiger partial charge >= 0.3 is 12.1 Å². The fourth-order valence-corrected chi connectivity index (χ4v) is 2.31. The van der Waals surface area contributed by atoms with Crippen molar-refractivity contribution in [2.45, 2.75) is 31.4 Å². The minimum atomic E-state index is -4.81. The molecule has 5 nitrogen and oxygen atoms in total. The molecule has 0 aromatic carbocycles. The number of hydrogen-bond acceptors (Lipinski definition) is 3. The molecule has 1 aliphatic carbocycles. The highest BCUT2D eigenvalue weighted by atomic mass is 19.4. The Morgan fingerprint density at radius 2 is 2.10 bits per heavy atom. The second kappa shape index (κ2) is 4.19. The molecule has 0 spiro atoms. The van der Waals surface area contributed by atoms with E-state index < -0.39 is 29.1 Å². The van der Waals surface area contributed by atoms with Crippen molar-refractivity contribution in [1.82, 2.24) is 14.6 Å². The number of halogens is 3. The smallest absolute Gasteiger partial charge is 0.422 e. The minimum Gasteiger partial charge on any atom is -0.476 e. The van der Waals surface area contributed by atoms with Crippen LogP contribution in [0.3, 0.4) is 0 Å². The summed E-state index contributed by atoms with van der Waals surface area (Å²) in [4.78, 5) is 14.7. The molecule has 8 heteroatoms. The van der Waals surface area contributed by atoms with Crippen LogP contribution in [0.15, 0.2) is 12.4 Å². The van der Waals surface area contributed by atoms with Gasteiger partial charge in [0.1, 0.15) is 5.56 Å². The zero-order valence-corrected chi connectivity index (χ0v) is 10.2. The van der Waals surface area contributed by atoms with E-state index in [9.17, 15) is 18.0 Å². The van der Waals surface area contributed by atoms with Crippen LogP contribution in [-0.2, 0) is 6.18 Å². The van der Waals surface area contributed by atoms with Crippen molar-refractivity contribution in [3.05, 3.63) is 29.2 Å². The number of nitrogens with zero attached hydrogens (tertiary/aromatic N) is 3. The molecule has 0 unspecified atom stereocenters. The van der Waals surface area contributed by atoms with Crippen molar-refractivity contribution in [3.63, 3.8) is 0 Å². The van der Waals surface area contributed by atoms with E-state index in [0.717, 1.165) is 29.3 Å². The second-order valence-electron chi connectivity index (χ2n) is 4.81. The van der Waals surface area contributed by atoms with Crippen LogP contribution in [0.25, 0.3) is 5.65 Å². The molecular weight excluding hydrogens is 275 g/mol. The molecule has 0 aliphatic heterocycles. The fraction of sp³-hybridized carbons (Fsp3) is 0.417. The lowest BCUT2D eigenvalue weighted by molar-refractivity contribution is -0.137. The Hall–Kier alpha value is -2.12. The number of aromatic nitrogens is 3. The number of fused-ring (bicyclic) bond motifs is 1.